The van der Waals surface area contributed by atoms with Crippen LogP contribution in [0.4, 0.5) is 0 Å². The van der Waals surface area contributed by atoms with Crippen molar-refractivity contribution in [3.63, 3.8) is 0 Å². The normalized spacial score (nSPS) is 21.7. The number of pyridine rings is 2. The van der Waals surface area contributed by atoms with Crippen LogP contribution in [0.25, 0.3) is 5.65 Å². The van der Waals surface area contributed by atoms with E-state index >= 15 is 0 Å². The first-order chi connectivity index (χ1) is 12.6. The zero-order valence-corrected chi connectivity index (χ0v) is 14.6. The number of rotatable bonds is 1. The quantitative estimate of drug-likeness (QED) is 0.676. The van der Waals surface area contributed by atoms with Gasteiger partial charge in [-0.3, -0.25) is 9.59 Å². The Morgan fingerprint density at radius 1 is 1.12 bits per heavy atom. The first-order valence-corrected chi connectivity index (χ1v) is 9.03. The summed E-state index contributed by atoms with van der Waals surface area (Å²) in [7, 11) is 0. The molecule has 6 nitrogen and oxygen atoms in total. The van der Waals surface area contributed by atoms with Crippen molar-refractivity contribution in [2.24, 2.45) is 5.92 Å². The molecule has 2 atom stereocenters. The molecule has 1 fully saturated rings. The number of aromatic nitrogens is 3. The van der Waals surface area contributed by atoms with Crippen molar-refractivity contribution < 1.29 is 4.79 Å². The molecule has 2 bridgehead atoms. The monoisotopic (exact) mass is 348 g/mol. The number of fused-ring (bicyclic) bond motifs is 5. The number of carbonyl (C=O) groups is 1. The molecule has 0 aliphatic carbocycles. The molecular weight excluding hydrogens is 328 g/mol. The standard InChI is InChI=1S/C20H20N4O2/c1-13-8-22-11-15(5-6-18(22)21-13)20(26)23-9-14-7-16(12-23)17-3-2-4-19(25)24(17)10-14/h2-6,8,11,14,16H,7,9-10,12H2,1H3/t14-,16+/m1/s1. The molecule has 0 saturated carbocycles. The van der Waals surface area contributed by atoms with Gasteiger partial charge >= 0.3 is 0 Å². The highest BCUT2D eigenvalue weighted by Crippen LogP contribution is 2.35. The van der Waals surface area contributed by atoms with E-state index in [1.807, 2.05) is 57.5 Å². The van der Waals surface area contributed by atoms with E-state index < -0.39 is 0 Å². The average Bonchev–Trinajstić information content (AvgIpc) is 3.01. The van der Waals surface area contributed by atoms with Crippen LogP contribution in [0.3, 0.4) is 0 Å². The average molecular weight is 348 g/mol. The lowest BCUT2D eigenvalue weighted by molar-refractivity contribution is 0.0594. The molecular formula is C20H20N4O2. The molecule has 3 aromatic rings. The van der Waals surface area contributed by atoms with E-state index in [9.17, 15) is 9.59 Å². The van der Waals surface area contributed by atoms with Gasteiger partial charge in [0.15, 0.2) is 0 Å². The summed E-state index contributed by atoms with van der Waals surface area (Å²) in [5.41, 5.74) is 3.59. The van der Waals surface area contributed by atoms with Crippen LogP contribution in [-0.4, -0.2) is 37.8 Å². The SMILES string of the molecule is Cc1cn2cc(C(=O)N3C[C@H]4C[C@@H](C3)c3cccc(=O)n3C4)ccc2n1. The number of nitrogens with zero attached hydrogens (tertiary/aromatic N) is 4. The molecule has 0 aromatic carbocycles. The summed E-state index contributed by atoms with van der Waals surface area (Å²) in [5.74, 6) is 0.628. The molecule has 132 valence electrons. The van der Waals surface area contributed by atoms with Crippen molar-refractivity contribution >= 4 is 11.6 Å². The molecule has 6 heteroatoms. The summed E-state index contributed by atoms with van der Waals surface area (Å²) in [6.45, 7) is 4.02. The maximum absolute atomic E-state index is 13.1. The van der Waals surface area contributed by atoms with Gasteiger partial charge in [-0.25, -0.2) is 4.98 Å². The van der Waals surface area contributed by atoms with Crippen LogP contribution in [0.1, 0.15) is 34.1 Å². The van der Waals surface area contributed by atoms with Gasteiger partial charge in [0.1, 0.15) is 5.65 Å². The summed E-state index contributed by atoms with van der Waals surface area (Å²) >= 11 is 0. The molecule has 2 aliphatic rings. The fourth-order valence-corrected chi connectivity index (χ4v) is 4.49. The van der Waals surface area contributed by atoms with E-state index in [0.29, 0.717) is 31.1 Å². The molecule has 5 rings (SSSR count). The second kappa shape index (κ2) is 5.56. The first-order valence-electron chi connectivity index (χ1n) is 9.03. The van der Waals surface area contributed by atoms with Gasteiger partial charge in [-0.15, -0.1) is 0 Å². The number of amides is 1. The van der Waals surface area contributed by atoms with Gasteiger partial charge in [-0.05, 0) is 37.5 Å². The predicted octanol–water partition coefficient (Wildman–Crippen LogP) is 2.06. The number of hydrogen-bond acceptors (Lipinski definition) is 3. The first kappa shape index (κ1) is 15.4. The van der Waals surface area contributed by atoms with Crippen LogP contribution in [-0.2, 0) is 6.54 Å². The third-order valence-corrected chi connectivity index (χ3v) is 5.59. The molecule has 1 amide bonds. The third-order valence-electron chi connectivity index (χ3n) is 5.59. The van der Waals surface area contributed by atoms with Crippen LogP contribution in [0.15, 0.2) is 47.5 Å². The molecule has 5 heterocycles. The highest BCUT2D eigenvalue weighted by atomic mass is 16.2. The van der Waals surface area contributed by atoms with Gasteiger partial charge in [0.05, 0.1) is 11.3 Å². The summed E-state index contributed by atoms with van der Waals surface area (Å²) < 4.78 is 3.79. The minimum atomic E-state index is 0.0553. The number of carbonyl (C=O) groups excluding carboxylic acids is 1. The Kier molecular flexibility index (Phi) is 3.29. The molecule has 0 N–H and O–H groups in total. The number of likely N-dealkylation sites (tertiary alicyclic amines) is 1. The largest absolute Gasteiger partial charge is 0.338 e. The van der Waals surface area contributed by atoms with E-state index in [0.717, 1.165) is 23.5 Å². The predicted molar refractivity (Wildman–Crippen MR) is 97.4 cm³/mol. The highest BCUT2D eigenvalue weighted by Gasteiger charge is 2.36. The number of hydrogen-bond donors (Lipinski definition) is 0. The third kappa shape index (κ3) is 2.36. The number of imidazole rings is 1. The van der Waals surface area contributed by atoms with E-state index in [1.54, 1.807) is 6.07 Å². The fraction of sp³-hybridized carbons (Fsp3) is 0.350. The summed E-state index contributed by atoms with van der Waals surface area (Å²) in [6.07, 6.45) is 4.84. The van der Waals surface area contributed by atoms with Gasteiger partial charge in [0.2, 0.25) is 0 Å². The van der Waals surface area contributed by atoms with Crippen LogP contribution < -0.4 is 5.56 Å². The molecule has 0 radical (unpaired) electrons. The summed E-state index contributed by atoms with van der Waals surface area (Å²) in [6, 6.07) is 9.21. The second-order valence-corrected chi connectivity index (χ2v) is 7.47. The zero-order chi connectivity index (χ0) is 17.8. The van der Waals surface area contributed by atoms with Gasteiger partial charge in [-0.2, -0.15) is 0 Å². The Morgan fingerprint density at radius 2 is 2.00 bits per heavy atom. The lowest BCUT2D eigenvalue weighted by Gasteiger charge is -2.42. The molecule has 3 aromatic heterocycles. The van der Waals surface area contributed by atoms with Crippen molar-refractivity contribution in [2.75, 3.05) is 13.1 Å². The minimum Gasteiger partial charge on any atom is -0.338 e. The van der Waals surface area contributed by atoms with E-state index in [4.69, 9.17) is 0 Å². The van der Waals surface area contributed by atoms with E-state index in [1.165, 1.54) is 0 Å². The summed E-state index contributed by atoms with van der Waals surface area (Å²) in [4.78, 5) is 31.6. The van der Waals surface area contributed by atoms with Gasteiger partial charge < -0.3 is 13.9 Å². The van der Waals surface area contributed by atoms with Gasteiger partial charge in [-0.1, -0.05) is 6.07 Å². The molecule has 2 aliphatic heterocycles. The Bertz CT molecular complexity index is 1080. The van der Waals surface area contributed by atoms with Gasteiger partial charge in [0.25, 0.3) is 11.5 Å². The maximum Gasteiger partial charge on any atom is 0.255 e. The van der Waals surface area contributed by atoms with Gasteiger partial charge in [0, 0.05) is 49.7 Å². The topological polar surface area (TPSA) is 59.6 Å². The maximum atomic E-state index is 13.1. The zero-order valence-electron chi connectivity index (χ0n) is 14.6. The molecule has 1 saturated heterocycles. The lowest BCUT2D eigenvalue weighted by Crippen LogP contribution is -2.49. The summed E-state index contributed by atoms with van der Waals surface area (Å²) in [5, 5.41) is 0. The Hall–Kier alpha value is -2.89. The Balaban J connectivity index is 1.46. The minimum absolute atomic E-state index is 0.0553. The van der Waals surface area contributed by atoms with Crippen molar-refractivity contribution in [1.82, 2.24) is 18.9 Å². The van der Waals surface area contributed by atoms with Crippen LogP contribution >= 0.6 is 0 Å². The Labute approximate surface area is 150 Å². The molecule has 0 spiro atoms. The fourth-order valence-electron chi connectivity index (χ4n) is 4.49. The number of aryl methyl sites for hydroxylation is 1. The van der Waals surface area contributed by atoms with Crippen molar-refractivity contribution in [2.45, 2.75) is 25.8 Å². The lowest BCUT2D eigenvalue weighted by atomic mass is 9.83. The van der Waals surface area contributed by atoms with Crippen molar-refractivity contribution in [3.8, 4) is 0 Å². The van der Waals surface area contributed by atoms with E-state index in [-0.39, 0.29) is 17.4 Å². The van der Waals surface area contributed by atoms with Crippen molar-refractivity contribution in [1.29, 1.82) is 0 Å². The number of piperidine rings is 1. The highest BCUT2D eigenvalue weighted by molar-refractivity contribution is 5.94. The molecule has 0 unspecified atom stereocenters. The van der Waals surface area contributed by atoms with Crippen molar-refractivity contribution in [3.05, 3.63) is 70.0 Å². The van der Waals surface area contributed by atoms with E-state index in [2.05, 4.69) is 4.98 Å². The van der Waals surface area contributed by atoms with Crippen LogP contribution in [0.5, 0.6) is 0 Å². The smallest absolute Gasteiger partial charge is 0.255 e. The molecule has 26 heavy (non-hydrogen) atoms. The Morgan fingerprint density at radius 3 is 2.88 bits per heavy atom. The van der Waals surface area contributed by atoms with Crippen LogP contribution in [0, 0.1) is 12.8 Å². The van der Waals surface area contributed by atoms with Crippen LogP contribution in [0.2, 0.25) is 0 Å². The second-order valence-electron chi connectivity index (χ2n) is 7.47.